The topological polar surface area (TPSA) is 72.8 Å². The standard InChI is InChI=1S/C14H14F6O5/c15-13(16,17)12(23,14(18,19)20)11(22)25-4-3-24-10(21)9-6-7-1-2-8(9)5-7/h1-2,7-9,23H,3-6H2. The summed E-state index contributed by atoms with van der Waals surface area (Å²) < 4.78 is 83.0. The predicted molar refractivity (Wildman–Crippen MR) is 67.8 cm³/mol. The molecule has 1 N–H and O–H groups in total. The SMILES string of the molecule is O=C(OCCOC(=O)C(O)(C(F)(F)F)C(F)(F)F)C1CC2C=CC1C2. The van der Waals surface area contributed by atoms with Gasteiger partial charge in [0.15, 0.2) is 0 Å². The van der Waals surface area contributed by atoms with Gasteiger partial charge in [0.25, 0.3) is 0 Å². The van der Waals surface area contributed by atoms with Gasteiger partial charge in [-0.2, -0.15) is 26.3 Å². The van der Waals surface area contributed by atoms with Gasteiger partial charge in [-0.1, -0.05) is 12.2 Å². The van der Waals surface area contributed by atoms with Crippen LogP contribution in [0.1, 0.15) is 12.8 Å². The first-order valence-corrected chi connectivity index (χ1v) is 7.26. The van der Waals surface area contributed by atoms with Crippen molar-refractivity contribution in [3.63, 3.8) is 0 Å². The highest BCUT2D eigenvalue weighted by Gasteiger charge is 2.76. The summed E-state index contributed by atoms with van der Waals surface area (Å²) in [6, 6.07) is 0. The Morgan fingerprint density at radius 2 is 1.52 bits per heavy atom. The van der Waals surface area contributed by atoms with E-state index in [1.807, 2.05) is 12.2 Å². The molecule has 3 atom stereocenters. The highest BCUT2D eigenvalue weighted by molar-refractivity contribution is 5.81. The number of halogens is 6. The zero-order valence-corrected chi connectivity index (χ0v) is 12.6. The molecule has 0 aliphatic heterocycles. The fourth-order valence-electron chi connectivity index (χ4n) is 2.93. The molecule has 0 spiro atoms. The molecule has 0 aromatic rings. The second-order valence-electron chi connectivity index (χ2n) is 5.90. The van der Waals surface area contributed by atoms with Crippen molar-refractivity contribution in [2.24, 2.45) is 17.8 Å². The minimum Gasteiger partial charge on any atom is -0.462 e. The number of carbonyl (C=O) groups excluding carboxylic acids is 2. The third-order valence-electron chi connectivity index (χ3n) is 4.26. The summed E-state index contributed by atoms with van der Waals surface area (Å²) in [4.78, 5) is 22.9. The number of esters is 2. The van der Waals surface area contributed by atoms with Crippen LogP contribution in [-0.4, -0.2) is 48.2 Å². The molecular weight excluding hydrogens is 362 g/mol. The maximum atomic E-state index is 12.4. The molecule has 0 saturated heterocycles. The third kappa shape index (κ3) is 3.60. The number of aliphatic hydroxyl groups is 1. The van der Waals surface area contributed by atoms with Crippen LogP contribution in [0.3, 0.4) is 0 Å². The Morgan fingerprint density at radius 1 is 0.960 bits per heavy atom. The normalized spacial score (nSPS) is 26.0. The molecule has 3 unspecified atom stereocenters. The van der Waals surface area contributed by atoms with Crippen molar-refractivity contribution in [1.29, 1.82) is 0 Å². The quantitative estimate of drug-likeness (QED) is 0.345. The van der Waals surface area contributed by atoms with Gasteiger partial charge in [0, 0.05) is 0 Å². The summed E-state index contributed by atoms with van der Waals surface area (Å²) in [6.07, 6.45) is -7.46. The van der Waals surface area contributed by atoms with E-state index in [-0.39, 0.29) is 11.8 Å². The second-order valence-corrected chi connectivity index (χ2v) is 5.90. The Labute approximate surface area is 137 Å². The van der Waals surface area contributed by atoms with Crippen LogP contribution in [0.15, 0.2) is 12.2 Å². The van der Waals surface area contributed by atoms with E-state index in [4.69, 9.17) is 9.84 Å². The van der Waals surface area contributed by atoms with E-state index >= 15 is 0 Å². The first kappa shape index (κ1) is 19.5. The van der Waals surface area contributed by atoms with Crippen LogP contribution in [0.2, 0.25) is 0 Å². The van der Waals surface area contributed by atoms with Crippen LogP contribution in [-0.2, 0) is 19.1 Å². The van der Waals surface area contributed by atoms with E-state index in [1.54, 1.807) is 0 Å². The number of hydrogen-bond acceptors (Lipinski definition) is 5. The first-order chi connectivity index (χ1) is 11.4. The molecule has 2 aliphatic rings. The summed E-state index contributed by atoms with van der Waals surface area (Å²) in [5, 5.41) is 8.77. The largest absolute Gasteiger partial charge is 0.462 e. The van der Waals surface area contributed by atoms with E-state index in [0.717, 1.165) is 6.42 Å². The number of alkyl halides is 6. The average molecular weight is 376 g/mol. The van der Waals surface area contributed by atoms with E-state index in [9.17, 15) is 35.9 Å². The molecular formula is C14H14F6O5. The molecule has 11 heteroatoms. The van der Waals surface area contributed by atoms with Crippen molar-refractivity contribution in [2.45, 2.75) is 30.8 Å². The van der Waals surface area contributed by atoms with Gasteiger partial charge in [-0.15, -0.1) is 0 Å². The van der Waals surface area contributed by atoms with Crippen LogP contribution in [0.25, 0.3) is 0 Å². The first-order valence-electron chi connectivity index (χ1n) is 7.26. The molecule has 0 aromatic carbocycles. The lowest BCUT2D eigenvalue weighted by Crippen LogP contribution is -2.63. The van der Waals surface area contributed by atoms with Crippen molar-refractivity contribution >= 4 is 11.9 Å². The maximum absolute atomic E-state index is 12.4. The van der Waals surface area contributed by atoms with Crippen LogP contribution in [0.5, 0.6) is 0 Å². The smallest absolute Gasteiger partial charge is 0.437 e. The Morgan fingerprint density at radius 3 is 1.96 bits per heavy atom. The molecule has 142 valence electrons. The molecule has 0 amide bonds. The molecule has 0 heterocycles. The zero-order chi connectivity index (χ0) is 19.0. The molecule has 0 aromatic heterocycles. The van der Waals surface area contributed by atoms with Gasteiger partial charge < -0.3 is 14.6 Å². The lowest BCUT2D eigenvalue weighted by Gasteiger charge is -2.29. The van der Waals surface area contributed by atoms with Gasteiger partial charge in [0.05, 0.1) is 5.92 Å². The average Bonchev–Trinajstić information content (AvgIpc) is 3.10. The number of ether oxygens (including phenoxy) is 2. The summed E-state index contributed by atoms with van der Waals surface area (Å²) in [7, 11) is 0. The highest BCUT2D eigenvalue weighted by Crippen LogP contribution is 2.44. The van der Waals surface area contributed by atoms with Crippen molar-refractivity contribution in [3.05, 3.63) is 12.2 Å². The van der Waals surface area contributed by atoms with Gasteiger partial charge in [-0.25, -0.2) is 4.79 Å². The lowest BCUT2D eigenvalue weighted by atomic mass is 9.94. The molecule has 1 saturated carbocycles. The summed E-state index contributed by atoms with van der Waals surface area (Å²) in [6.45, 7) is -1.76. The fourth-order valence-corrected chi connectivity index (χ4v) is 2.93. The lowest BCUT2D eigenvalue weighted by molar-refractivity contribution is -0.357. The summed E-state index contributed by atoms with van der Waals surface area (Å²) in [5.41, 5.74) is -5.64. The van der Waals surface area contributed by atoms with E-state index in [1.165, 1.54) is 0 Å². The number of fused-ring (bicyclic) bond motifs is 2. The van der Waals surface area contributed by atoms with Crippen LogP contribution in [0.4, 0.5) is 26.3 Å². The maximum Gasteiger partial charge on any atom is 0.437 e. The zero-order valence-electron chi connectivity index (χ0n) is 12.6. The fraction of sp³-hybridized carbons (Fsp3) is 0.714. The van der Waals surface area contributed by atoms with E-state index < -0.39 is 49.0 Å². The predicted octanol–water partition coefficient (Wildman–Crippen LogP) is 2.14. The molecule has 2 rings (SSSR count). The molecule has 2 aliphatic carbocycles. The second kappa shape index (κ2) is 6.50. The van der Waals surface area contributed by atoms with Gasteiger partial charge in [-0.05, 0) is 24.7 Å². The van der Waals surface area contributed by atoms with Crippen molar-refractivity contribution < 1.29 is 50.5 Å². The van der Waals surface area contributed by atoms with Crippen molar-refractivity contribution in [3.8, 4) is 0 Å². The monoisotopic (exact) mass is 376 g/mol. The van der Waals surface area contributed by atoms with Crippen molar-refractivity contribution in [1.82, 2.24) is 0 Å². The number of rotatable bonds is 5. The number of allylic oxidation sites excluding steroid dienone is 2. The van der Waals surface area contributed by atoms with Crippen molar-refractivity contribution in [2.75, 3.05) is 13.2 Å². The van der Waals surface area contributed by atoms with E-state index in [0.29, 0.717) is 6.42 Å². The van der Waals surface area contributed by atoms with Gasteiger partial charge >= 0.3 is 29.9 Å². The van der Waals surface area contributed by atoms with Crippen LogP contribution < -0.4 is 0 Å². The minimum atomic E-state index is -6.31. The Balaban J connectivity index is 1.83. The summed E-state index contributed by atoms with van der Waals surface area (Å²) >= 11 is 0. The Hall–Kier alpha value is -1.78. The number of hydrogen-bond donors (Lipinski definition) is 1. The minimum absolute atomic E-state index is 0.000556. The van der Waals surface area contributed by atoms with Gasteiger partial charge in [0.1, 0.15) is 13.2 Å². The third-order valence-corrected chi connectivity index (χ3v) is 4.26. The Kier molecular flexibility index (Phi) is 5.08. The molecule has 25 heavy (non-hydrogen) atoms. The highest BCUT2D eigenvalue weighted by atomic mass is 19.4. The molecule has 5 nitrogen and oxygen atoms in total. The summed E-state index contributed by atoms with van der Waals surface area (Å²) in [5.74, 6) is -3.75. The van der Waals surface area contributed by atoms with Gasteiger partial charge in [0.2, 0.25) is 0 Å². The molecule has 0 radical (unpaired) electrons. The molecule has 2 bridgehead atoms. The number of carbonyl (C=O) groups is 2. The van der Waals surface area contributed by atoms with E-state index in [2.05, 4.69) is 4.74 Å². The van der Waals surface area contributed by atoms with Crippen LogP contribution >= 0.6 is 0 Å². The van der Waals surface area contributed by atoms with Gasteiger partial charge in [-0.3, -0.25) is 4.79 Å². The van der Waals surface area contributed by atoms with Crippen LogP contribution in [0, 0.1) is 17.8 Å². The molecule has 1 fully saturated rings. The Bertz CT molecular complexity index is 553.